The smallest absolute Gasteiger partial charge is 0.139 e. The van der Waals surface area contributed by atoms with E-state index in [1.807, 2.05) is 0 Å². The Kier molecular flexibility index (Phi) is 26.6. The standard InChI is InChI=1S/C106H170N2O4/c109-103(81-17-5-1-6-18-81)85-53-45-73(46-54-85)69-29-37-77(38-30-69)89-63-90(78-39-31-70(32-40-78)74-47-55-86(56-48-74)104(110)82-19-7-2-8-20-82)66-93(65-89)107-97-27-15-13-25-95(97)101-99(107)61-62-100-102(101)96-26-14-16-28-98(96)108(100)94-67-91(79-41-33-71(34-42-79)75-49-57-87(58-50-75)105(111)83-21-9-3-10-22-83)64-92(68-94)80-43-35-72(36-44-80)76-51-59-88(60-52-76)106(112)84-23-11-4-12-24-84/h69-102H,1-68H2. The van der Waals surface area contributed by atoms with E-state index in [1.54, 1.807) is 25.7 Å². The molecule has 2 heterocycles. The lowest BCUT2D eigenvalue weighted by Gasteiger charge is -2.52. The van der Waals surface area contributed by atoms with E-state index in [4.69, 9.17) is 0 Å². The fourth-order valence-electron chi connectivity index (χ4n) is 36.1. The van der Waals surface area contributed by atoms with Gasteiger partial charge in [0.25, 0.3) is 0 Å². The molecule has 2 saturated heterocycles. The monoisotopic (exact) mass is 1540 g/mol. The van der Waals surface area contributed by atoms with Gasteiger partial charge in [-0.1, -0.05) is 103 Å². The summed E-state index contributed by atoms with van der Waals surface area (Å²) in [5, 5.41) is 0. The van der Waals surface area contributed by atoms with Crippen molar-refractivity contribution in [3.8, 4) is 0 Å². The molecule has 2 aliphatic heterocycles. The highest BCUT2D eigenvalue weighted by Crippen LogP contribution is 2.64. The van der Waals surface area contributed by atoms with Crippen LogP contribution in [0.4, 0.5) is 0 Å². The maximum absolute atomic E-state index is 13.9. The van der Waals surface area contributed by atoms with E-state index in [-0.39, 0.29) is 0 Å². The largest absolute Gasteiger partial charge is 0.299 e. The average Bonchev–Trinajstić information content (AvgIpc) is 1.54. The third-order valence-corrected chi connectivity index (χ3v) is 41.9. The van der Waals surface area contributed by atoms with Crippen LogP contribution in [0.2, 0.25) is 0 Å². The molecule has 0 aromatic heterocycles. The zero-order chi connectivity index (χ0) is 75.2. The summed E-state index contributed by atoms with van der Waals surface area (Å²) in [6.07, 6.45) is 94.1. The van der Waals surface area contributed by atoms with Gasteiger partial charge in [-0.05, 0) is 452 Å². The highest BCUT2D eigenvalue weighted by Gasteiger charge is 2.65. The maximum atomic E-state index is 13.9. The molecule has 17 saturated carbocycles. The van der Waals surface area contributed by atoms with Crippen molar-refractivity contribution in [2.45, 2.75) is 473 Å². The molecule has 17 aliphatic carbocycles. The van der Waals surface area contributed by atoms with Gasteiger partial charge >= 0.3 is 0 Å². The minimum absolute atomic E-state index is 0.385. The van der Waals surface area contributed by atoms with Crippen molar-refractivity contribution in [1.82, 2.24) is 9.80 Å². The quantitative estimate of drug-likeness (QED) is 0.136. The van der Waals surface area contributed by atoms with Crippen LogP contribution in [0, 0.1) is 166 Å². The van der Waals surface area contributed by atoms with E-state index >= 15 is 0 Å². The van der Waals surface area contributed by atoms with Crippen LogP contribution in [0.15, 0.2) is 0 Å². The molecule has 12 atom stereocenters. The summed E-state index contributed by atoms with van der Waals surface area (Å²) < 4.78 is 0. The number of hydrogen-bond donors (Lipinski definition) is 0. The van der Waals surface area contributed by atoms with Gasteiger partial charge in [-0.2, -0.15) is 0 Å². The number of carbonyl (C=O) groups excluding carboxylic acids is 4. The second-order valence-electron chi connectivity index (χ2n) is 46.7. The summed E-state index contributed by atoms with van der Waals surface area (Å²) in [6, 6.07) is 5.00. The molecule has 0 radical (unpaired) electrons. The summed E-state index contributed by atoms with van der Waals surface area (Å²) in [4.78, 5) is 62.6. The SMILES string of the molecule is O=C(C1CCCCC1)C1CCC(C2CCC(C3CC(C4CCC(C5CCC(C(=O)C6CCCCC6)CC5)CC4)CC(N4C5CCCCC5C5C6C7CCCCC7N(C7CC(C8CCC(C9CCC(C(=O)C%10CCCCC%10)CC9)CC8)CC(C8CCC(C9CCC(C(=O)C%10CCCCC%10)CC9)CC8)C7)C6CCC54)C3)CC2)CC1. The summed E-state index contributed by atoms with van der Waals surface area (Å²) in [7, 11) is 0. The van der Waals surface area contributed by atoms with Gasteiger partial charge in [0, 0.05) is 83.6 Å². The van der Waals surface area contributed by atoms with E-state index in [1.165, 1.54) is 411 Å². The number of nitrogens with zero attached hydrogens (tertiary/aromatic N) is 2. The molecular weight excluding hydrogens is 1370 g/mol. The van der Waals surface area contributed by atoms with Crippen LogP contribution in [0.1, 0.15) is 437 Å². The van der Waals surface area contributed by atoms with Crippen LogP contribution < -0.4 is 0 Å². The Balaban J connectivity index is 0.546. The molecule has 0 aromatic rings. The van der Waals surface area contributed by atoms with Crippen LogP contribution >= 0.6 is 0 Å². The third kappa shape index (κ3) is 17.3. The number of fused-ring (bicyclic) bond motifs is 7. The summed E-state index contributed by atoms with van der Waals surface area (Å²) in [6.45, 7) is 0. The number of likely N-dealkylation sites (tertiary alicyclic amines) is 2. The number of ketones is 4. The molecular formula is C106H170N2O4. The molecule has 112 heavy (non-hydrogen) atoms. The Bertz CT molecular complexity index is 2640. The Hall–Kier alpha value is -1.40. The summed E-state index contributed by atoms with van der Waals surface area (Å²) in [5.74, 6) is 24.3. The van der Waals surface area contributed by atoms with Crippen LogP contribution in [0.5, 0.6) is 0 Å². The lowest BCUT2D eigenvalue weighted by Crippen LogP contribution is -2.55. The molecule has 0 N–H and O–H groups in total. The van der Waals surface area contributed by atoms with Gasteiger partial charge in [0.05, 0.1) is 0 Å². The molecule has 628 valence electrons. The summed E-state index contributed by atoms with van der Waals surface area (Å²) >= 11 is 0. The van der Waals surface area contributed by atoms with Gasteiger partial charge in [-0.25, -0.2) is 0 Å². The van der Waals surface area contributed by atoms with E-state index in [9.17, 15) is 19.2 Å². The molecule has 19 aliphatic rings. The fraction of sp³-hybridized carbons (Fsp3) is 0.962. The molecule has 0 bridgehead atoms. The van der Waals surface area contributed by atoms with Crippen molar-refractivity contribution >= 4 is 23.1 Å². The number of carbonyl (C=O) groups is 4. The zero-order valence-electron chi connectivity index (χ0n) is 72.2. The molecule has 0 spiro atoms. The van der Waals surface area contributed by atoms with E-state index in [2.05, 4.69) is 9.80 Å². The zero-order valence-corrected chi connectivity index (χ0v) is 72.2. The first-order valence-electron chi connectivity index (χ1n) is 52.9. The number of rotatable bonds is 18. The minimum Gasteiger partial charge on any atom is -0.299 e. The van der Waals surface area contributed by atoms with Crippen LogP contribution in [0.3, 0.4) is 0 Å². The Morgan fingerprint density at radius 2 is 0.330 bits per heavy atom. The van der Waals surface area contributed by atoms with Gasteiger partial charge < -0.3 is 0 Å². The second kappa shape index (κ2) is 37.1. The molecule has 12 unspecified atom stereocenters. The van der Waals surface area contributed by atoms with Gasteiger partial charge in [-0.15, -0.1) is 0 Å². The summed E-state index contributed by atoms with van der Waals surface area (Å²) in [5.41, 5.74) is 0. The van der Waals surface area contributed by atoms with E-state index in [0.29, 0.717) is 70.5 Å². The Morgan fingerprint density at radius 3 is 0.554 bits per heavy atom. The van der Waals surface area contributed by atoms with Gasteiger partial charge in [0.1, 0.15) is 23.1 Å². The normalized spacial score (nSPS) is 47.1. The number of hydrogen-bond acceptors (Lipinski definition) is 6. The highest BCUT2D eigenvalue weighted by molar-refractivity contribution is 5.85. The van der Waals surface area contributed by atoms with Crippen LogP contribution in [-0.2, 0) is 19.2 Å². The molecule has 0 aromatic carbocycles. The Morgan fingerprint density at radius 1 is 0.152 bits per heavy atom. The topological polar surface area (TPSA) is 74.8 Å². The third-order valence-electron chi connectivity index (χ3n) is 41.9. The molecule has 6 nitrogen and oxygen atoms in total. The van der Waals surface area contributed by atoms with Crippen molar-refractivity contribution < 1.29 is 19.2 Å². The van der Waals surface area contributed by atoms with Crippen LogP contribution in [-0.4, -0.2) is 69.2 Å². The highest BCUT2D eigenvalue weighted by atomic mass is 16.1. The maximum Gasteiger partial charge on any atom is 0.139 e. The second-order valence-corrected chi connectivity index (χ2v) is 46.7. The van der Waals surface area contributed by atoms with Crippen molar-refractivity contribution in [2.75, 3.05) is 0 Å². The first-order chi connectivity index (χ1) is 55.2. The predicted octanol–water partition coefficient (Wildman–Crippen LogP) is 27.1. The van der Waals surface area contributed by atoms with Crippen molar-refractivity contribution in [3.63, 3.8) is 0 Å². The van der Waals surface area contributed by atoms with Gasteiger partial charge in [0.2, 0.25) is 0 Å². The minimum atomic E-state index is 0.385. The lowest BCUT2D eigenvalue weighted by molar-refractivity contribution is -0.130. The predicted molar refractivity (Wildman–Crippen MR) is 458 cm³/mol. The Labute approximate surface area is 686 Å². The van der Waals surface area contributed by atoms with E-state index < -0.39 is 0 Å². The number of Topliss-reactive ketones (excluding diaryl/α,β-unsaturated/α-hetero) is 4. The van der Waals surface area contributed by atoms with Gasteiger partial charge in [0.15, 0.2) is 0 Å². The molecule has 0 amide bonds. The first kappa shape index (κ1) is 80.3. The molecule has 19 fully saturated rings. The average molecular weight is 1540 g/mol. The van der Waals surface area contributed by atoms with Gasteiger partial charge in [-0.3, -0.25) is 29.0 Å². The molecule has 19 rings (SSSR count). The van der Waals surface area contributed by atoms with Crippen molar-refractivity contribution in [3.05, 3.63) is 0 Å². The first-order valence-corrected chi connectivity index (χ1v) is 52.9. The van der Waals surface area contributed by atoms with Crippen molar-refractivity contribution in [1.29, 1.82) is 0 Å². The van der Waals surface area contributed by atoms with Crippen LogP contribution in [0.25, 0.3) is 0 Å². The fourth-order valence-corrected chi connectivity index (χ4v) is 36.1. The van der Waals surface area contributed by atoms with E-state index in [0.717, 1.165) is 155 Å². The lowest BCUT2D eigenvalue weighted by atomic mass is 9.60. The molecule has 6 heteroatoms. The van der Waals surface area contributed by atoms with Crippen molar-refractivity contribution in [2.24, 2.45) is 166 Å².